The third kappa shape index (κ3) is 5.62. The van der Waals surface area contributed by atoms with Crippen LogP contribution in [-0.2, 0) is 5.41 Å². The Balaban J connectivity index is 1.00. The molecule has 11 rings (SSSR count). The molecule has 0 fully saturated rings. The summed E-state index contributed by atoms with van der Waals surface area (Å²) >= 11 is 1.85. The highest BCUT2D eigenvalue weighted by Crippen LogP contribution is 2.53. The van der Waals surface area contributed by atoms with Gasteiger partial charge < -0.3 is 0 Å². The van der Waals surface area contributed by atoms with E-state index in [1.54, 1.807) is 0 Å². The monoisotopic (exact) mass is 744 g/mol. The molecule has 0 aliphatic heterocycles. The van der Waals surface area contributed by atoms with Gasteiger partial charge in [0.1, 0.15) is 0 Å². The van der Waals surface area contributed by atoms with Crippen molar-refractivity contribution in [3.8, 4) is 67.3 Å². The van der Waals surface area contributed by atoms with Crippen LogP contribution in [0.1, 0.15) is 23.6 Å². The van der Waals surface area contributed by atoms with Gasteiger partial charge in [-0.05, 0) is 99.5 Å². The van der Waals surface area contributed by atoms with Gasteiger partial charge in [0.2, 0.25) is 0 Å². The van der Waals surface area contributed by atoms with Gasteiger partial charge in [0, 0.05) is 42.3 Å². The number of fused-ring (bicyclic) bond motifs is 6. The normalized spacial score (nSPS) is 14.5. The van der Waals surface area contributed by atoms with Gasteiger partial charge in [0.15, 0.2) is 5.82 Å². The Hall–Kier alpha value is -6.94. The first-order valence-electron chi connectivity index (χ1n) is 19.5. The number of rotatable bonds is 6. The molecular formula is C54H36N2S. The summed E-state index contributed by atoms with van der Waals surface area (Å²) in [7, 11) is 0. The lowest BCUT2D eigenvalue weighted by molar-refractivity contribution is 0.714. The molecule has 1 aliphatic carbocycles. The van der Waals surface area contributed by atoms with Crippen molar-refractivity contribution in [2.24, 2.45) is 0 Å². The van der Waals surface area contributed by atoms with Gasteiger partial charge in [-0.3, -0.25) is 0 Å². The van der Waals surface area contributed by atoms with Crippen molar-refractivity contribution >= 4 is 31.5 Å². The Bertz CT molecular complexity index is 3140. The summed E-state index contributed by atoms with van der Waals surface area (Å²) in [5.74, 6) is 0.708. The lowest BCUT2D eigenvalue weighted by Crippen LogP contribution is -2.22. The summed E-state index contributed by atoms with van der Waals surface area (Å²) in [6.45, 7) is 2.37. The van der Waals surface area contributed by atoms with Crippen LogP contribution in [0.4, 0.5) is 0 Å². The van der Waals surface area contributed by atoms with Gasteiger partial charge in [0.25, 0.3) is 0 Å². The van der Waals surface area contributed by atoms with Gasteiger partial charge in [-0.25, -0.2) is 9.97 Å². The van der Waals surface area contributed by atoms with Crippen LogP contribution >= 0.6 is 11.3 Å². The Kier molecular flexibility index (Phi) is 7.84. The van der Waals surface area contributed by atoms with Crippen molar-refractivity contribution < 1.29 is 0 Å². The van der Waals surface area contributed by atoms with E-state index in [4.69, 9.17) is 9.97 Å². The second-order valence-corrected chi connectivity index (χ2v) is 16.2. The second kappa shape index (κ2) is 13.4. The van der Waals surface area contributed by atoms with Gasteiger partial charge in [-0.2, -0.15) is 0 Å². The van der Waals surface area contributed by atoms with E-state index in [0.29, 0.717) is 5.82 Å². The summed E-state index contributed by atoms with van der Waals surface area (Å²) in [5.41, 5.74) is 15.9. The highest BCUT2D eigenvalue weighted by atomic mass is 32.1. The molecule has 0 bridgehead atoms. The quantitative estimate of drug-likeness (QED) is 0.169. The fraction of sp³-hybridized carbons (Fsp3) is 0.0370. The number of nitrogens with zero attached hydrogens (tertiary/aromatic N) is 2. The number of thiophene rings is 1. The predicted octanol–water partition coefficient (Wildman–Crippen LogP) is 14.5. The summed E-state index contributed by atoms with van der Waals surface area (Å²) < 4.78 is 2.62. The Morgan fingerprint density at radius 1 is 0.368 bits per heavy atom. The Morgan fingerprint density at radius 3 is 1.67 bits per heavy atom. The summed E-state index contributed by atoms with van der Waals surface area (Å²) in [4.78, 5) is 10.4. The van der Waals surface area contributed by atoms with E-state index in [1.807, 2.05) is 29.5 Å². The molecule has 0 saturated heterocycles. The molecule has 0 N–H and O–H groups in total. The fourth-order valence-corrected chi connectivity index (χ4v) is 9.93. The molecule has 8 aromatic carbocycles. The summed E-state index contributed by atoms with van der Waals surface area (Å²) in [6.07, 6.45) is 0. The van der Waals surface area contributed by atoms with Crippen molar-refractivity contribution in [1.82, 2.24) is 9.97 Å². The average Bonchev–Trinajstić information content (AvgIpc) is 3.79. The van der Waals surface area contributed by atoms with Crippen LogP contribution in [0.3, 0.4) is 0 Å². The minimum Gasteiger partial charge on any atom is -0.228 e. The molecule has 0 saturated carbocycles. The van der Waals surface area contributed by atoms with Gasteiger partial charge in [-0.1, -0.05) is 158 Å². The summed E-state index contributed by atoms with van der Waals surface area (Å²) in [5, 5.41) is 2.60. The van der Waals surface area contributed by atoms with Crippen molar-refractivity contribution in [2.75, 3.05) is 0 Å². The largest absolute Gasteiger partial charge is 0.228 e. The molecular weight excluding hydrogens is 709 g/mol. The number of hydrogen-bond acceptors (Lipinski definition) is 3. The van der Waals surface area contributed by atoms with Crippen molar-refractivity contribution in [1.29, 1.82) is 0 Å². The average molecular weight is 745 g/mol. The third-order valence-corrected chi connectivity index (χ3v) is 12.9. The predicted molar refractivity (Wildman–Crippen MR) is 240 cm³/mol. The topological polar surface area (TPSA) is 25.8 Å². The maximum absolute atomic E-state index is 5.20. The molecule has 2 nitrogen and oxygen atoms in total. The van der Waals surface area contributed by atoms with Crippen LogP contribution in [0.2, 0.25) is 0 Å². The van der Waals surface area contributed by atoms with E-state index < -0.39 is 0 Å². The van der Waals surface area contributed by atoms with Crippen LogP contribution in [0.25, 0.3) is 87.5 Å². The molecule has 0 spiro atoms. The lowest BCUT2D eigenvalue weighted by Gasteiger charge is -2.28. The molecule has 10 aromatic rings. The highest BCUT2D eigenvalue weighted by Gasteiger charge is 2.40. The van der Waals surface area contributed by atoms with Gasteiger partial charge >= 0.3 is 0 Å². The van der Waals surface area contributed by atoms with Crippen molar-refractivity contribution in [3.05, 3.63) is 217 Å². The maximum Gasteiger partial charge on any atom is 0.160 e. The van der Waals surface area contributed by atoms with Crippen LogP contribution in [0, 0.1) is 0 Å². The van der Waals surface area contributed by atoms with Crippen LogP contribution in [0.15, 0.2) is 200 Å². The maximum atomic E-state index is 5.20. The molecule has 268 valence electrons. The third-order valence-electron chi connectivity index (χ3n) is 11.8. The molecule has 0 radical (unpaired) electrons. The van der Waals surface area contributed by atoms with Crippen molar-refractivity contribution in [3.63, 3.8) is 0 Å². The first-order chi connectivity index (χ1) is 28.1. The standard InChI is InChI=1S/C54H36N2S/c1-54(42-20-6-3-7-21-42)47-24-10-8-22-43(47)45-32-38(26-28-48(45)54)36-16-12-18-40(30-36)49-34-50(56-53(55-49)35-14-4-2-5-15-35)41-19-13-17-37(31-41)39-27-29-52-46(33-39)44-23-9-11-25-51(44)57-52/h2-34H,1H3. The molecule has 1 atom stereocenters. The lowest BCUT2D eigenvalue weighted by atomic mass is 9.74. The number of hydrogen-bond donors (Lipinski definition) is 0. The minimum absolute atomic E-state index is 0.221. The zero-order chi connectivity index (χ0) is 37.9. The first kappa shape index (κ1) is 33.4. The molecule has 2 heterocycles. The number of benzene rings is 8. The summed E-state index contributed by atoms with van der Waals surface area (Å²) in [6, 6.07) is 72.3. The molecule has 2 aromatic heterocycles. The zero-order valence-electron chi connectivity index (χ0n) is 31.4. The molecule has 57 heavy (non-hydrogen) atoms. The number of aromatic nitrogens is 2. The smallest absolute Gasteiger partial charge is 0.160 e. The van der Waals surface area contributed by atoms with Crippen LogP contribution in [-0.4, -0.2) is 9.97 Å². The Labute approximate surface area is 336 Å². The van der Waals surface area contributed by atoms with E-state index in [9.17, 15) is 0 Å². The van der Waals surface area contributed by atoms with Crippen molar-refractivity contribution in [2.45, 2.75) is 12.3 Å². The fourth-order valence-electron chi connectivity index (χ4n) is 8.85. The second-order valence-electron chi connectivity index (χ2n) is 15.1. The van der Waals surface area contributed by atoms with E-state index in [2.05, 4.69) is 189 Å². The Morgan fingerprint density at radius 2 is 0.912 bits per heavy atom. The molecule has 0 amide bonds. The molecule has 3 heteroatoms. The van der Waals surface area contributed by atoms with Crippen LogP contribution in [0.5, 0.6) is 0 Å². The minimum atomic E-state index is -0.221. The van der Waals surface area contributed by atoms with E-state index in [1.165, 1.54) is 59.1 Å². The van der Waals surface area contributed by atoms with E-state index >= 15 is 0 Å². The van der Waals surface area contributed by atoms with E-state index in [-0.39, 0.29) is 5.41 Å². The van der Waals surface area contributed by atoms with Gasteiger partial charge in [-0.15, -0.1) is 11.3 Å². The highest BCUT2D eigenvalue weighted by molar-refractivity contribution is 7.25. The zero-order valence-corrected chi connectivity index (χ0v) is 32.2. The first-order valence-corrected chi connectivity index (χ1v) is 20.3. The molecule has 1 unspecified atom stereocenters. The SMILES string of the molecule is CC1(c2ccccc2)c2ccccc2-c2cc(-c3cccc(-c4cc(-c5cccc(-c6ccc7sc8ccccc8c7c6)c5)nc(-c5ccccc5)n4)c3)ccc21. The van der Waals surface area contributed by atoms with Gasteiger partial charge in [0.05, 0.1) is 11.4 Å². The molecule has 1 aliphatic rings. The van der Waals surface area contributed by atoms with E-state index in [0.717, 1.165) is 39.2 Å². The van der Waals surface area contributed by atoms with Crippen LogP contribution < -0.4 is 0 Å².